The van der Waals surface area contributed by atoms with Crippen LogP contribution >= 0.6 is 0 Å². The molecule has 0 aliphatic heterocycles. The zero-order valence-corrected chi connectivity index (χ0v) is 8.13. The Morgan fingerprint density at radius 3 is 3.00 bits per heavy atom. The van der Waals surface area contributed by atoms with Crippen molar-refractivity contribution < 1.29 is 9.52 Å². The SMILES string of the molecule is OCc1nnn(C2CC2)c1-c1ccoc1. The van der Waals surface area contributed by atoms with Gasteiger partial charge in [-0.2, -0.15) is 0 Å². The van der Waals surface area contributed by atoms with E-state index in [4.69, 9.17) is 4.42 Å². The number of aliphatic hydroxyl groups is 1. The van der Waals surface area contributed by atoms with Crippen molar-refractivity contribution in [1.82, 2.24) is 15.0 Å². The Labute approximate surface area is 86.3 Å². The van der Waals surface area contributed by atoms with Gasteiger partial charge < -0.3 is 9.52 Å². The highest BCUT2D eigenvalue weighted by molar-refractivity contribution is 5.60. The standard InChI is InChI=1S/C10H11N3O2/c14-5-9-10(7-3-4-15-6-7)13(12-11-9)8-1-2-8/h3-4,6,8,14H,1-2,5H2. The number of nitrogens with zero attached hydrogens (tertiary/aromatic N) is 3. The average Bonchev–Trinajstić information content (AvgIpc) is 2.83. The summed E-state index contributed by atoms with van der Waals surface area (Å²) >= 11 is 0. The van der Waals surface area contributed by atoms with Gasteiger partial charge in [0.15, 0.2) is 0 Å². The van der Waals surface area contributed by atoms with Gasteiger partial charge in [0.05, 0.1) is 30.9 Å². The Morgan fingerprint density at radius 1 is 1.53 bits per heavy atom. The molecule has 1 aliphatic rings. The van der Waals surface area contributed by atoms with Gasteiger partial charge in [0.2, 0.25) is 0 Å². The molecule has 0 unspecified atom stereocenters. The molecule has 0 saturated heterocycles. The molecule has 5 heteroatoms. The van der Waals surface area contributed by atoms with E-state index in [1.165, 1.54) is 0 Å². The summed E-state index contributed by atoms with van der Waals surface area (Å²) in [4.78, 5) is 0. The van der Waals surface area contributed by atoms with Crippen LogP contribution in [-0.2, 0) is 6.61 Å². The van der Waals surface area contributed by atoms with E-state index in [1.54, 1.807) is 12.5 Å². The monoisotopic (exact) mass is 205 g/mol. The lowest BCUT2D eigenvalue weighted by atomic mass is 10.2. The quantitative estimate of drug-likeness (QED) is 0.821. The van der Waals surface area contributed by atoms with Crippen molar-refractivity contribution in [1.29, 1.82) is 0 Å². The maximum atomic E-state index is 9.19. The van der Waals surface area contributed by atoms with E-state index in [1.807, 2.05) is 10.7 Å². The lowest BCUT2D eigenvalue weighted by molar-refractivity contribution is 0.277. The third-order valence-electron chi connectivity index (χ3n) is 2.60. The fourth-order valence-electron chi connectivity index (χ4n) is 1.71. The molecule has 15 heavy (non-hydrogen) atoms. The second-order valence-corrected chi connectivity index (χ2v) is 3.73. The third-order valence-corrected chi connectivity index (χ3v) is 2.60. The van der Waals surface area contributed by atoms with Gasteiger partial charge in [-0.1, -0.05) is 5.21 Å². The lowest BCUT2D eigenvalue weighted by Crippen LogP contribution is -1.99. The van der Waals surface area contributed by atoms with Crippen LogP contribution in [0.5, 0.6) is 0 Å². The molecule has 1 N–H and O–H groups in total. The molecule has 1 fully saturated rings. The Bertz CT molecular complexity index is 457. The number of furan rings is 1. The smallest absolute Gasteiger partial charge is 0.116 e. The highest BCUT2D eigenvalue weighted by Gasteiger charge is 2.29. The molecular formula is C10H11N3O2. The largest absolute Gasteiger partial charge is 0.472 e. The summed E-state index contributed by atoms with van der Waals surface area (Å²) in [5.74, 6) is 0. The zero-order valence-electron chi connectivity index (χ0n) is 8.13. The second-order valence-electron chi connectivity index (χ2n) is 3.73. The average molecular weight is 205 g/mol. The molecule has 3 rings (SSSR count). The first-order chi connectivity index (χ1) is 7.40. The Morgan fingerprint density at radius 2 is 2.40 bits per heavy atom. The van der Waals surface area contributed by atoms with E-state index in [0.29, 0.717) is 11.7 Å². The fourth-order valence-corrected chi connectivity index (χ4v) is 1.71. The van der Waals surface area contributed by atoms with Gasteiger partial charge in [-0.25, -0.2) is 4.68 Å². The number of rotatable bonds is 3. The summed E-state index contributed by atoms with van der Waals surface area (Å²) in [6.45, 7) is -0.0900. The molecule has 0 bridgehead atoms. The van der Waals surface area contributed by atoms with Crippen LogP contribution in [0, 0.1) is 0 Å². The lowest BCUT2D eigenvalue weighted by Gasteiger charge is -2.02. The van der Waals surface area contributed by atoms with Crippen molar-refractivity contribution in [2.75, 3.05) is 0 Å². The summed E-state index contributed by atoms with van der Waals surface area (Å²) < 4.78 is 6.93. The molecule has 1 saturated carbocycles. The molecule has 0 amide bonds. The third kappa shape index (κ3) is 1.35. The van der Waals surface area contributed by atoms with Gasteiger partial charge in [0.25, 0.3) is 0 Å². The minimum absolute atomic E-state index is 0.0900. The van der Waals surface area contributed by atoms with Crippen molar-refractivity contribution >= 4 is 0 Å². The molecule has 2 aromatic rings. The van der Waals surface area contributed by atoms with Crippen molar-refractivity contribution in [3.05, 3.63) is 24.3 Å². The van der Waals surface area contributed by atoms with Crippen LogP contribution in [0.3, 0.4) is 0 Å². The van der Waals surface area contributed by atoms with E-state index in [9.17, 15) is 5.11 Å². The van der Waals surface area contributed by atoms with Crippen LogP contribution < -0.4 is 0 Å². The predicted molar refractivity (Wildman–Crippen MR) is 51.9 cm³/mol. The molecule has 78 valence electrons. The van der Waals surface area contributed by atoms with E-state index in [2.05, 4.69) is 10.3 Å². The highest BCUT2D eigenvalue weighted by Crippen LogP contribution is 2.38. The summed E-state index contributed by atoms with van der Waals surface area (Å²) in [6, 6.07) is 2.30. The Hall–Kier alpha value is -1.62. The van der Waals surface area contributed by atoms with Gasteiger partial charge in [-0.15, -0.1) is 5.10 Å². The summed E-state index contributed by atoms with van der Waals surface area (Å²) in [5, 5.41) is 17.2. The van der Waals surface area contributed by atoms with Crippen LogP contribution in [0.25, 0.3) is 11.3 Å². The van der Waals surface area contributed by atoms with Gasteiger partial charge in [-0.3, -0.25) is 0 Å². The van der Waals surface area contributed by atoms with Crippen LogP contribution in [0.4, 0.5) is 0 Å². The van der Waals surface area contributed by atoms with Crippen molar-refractivity contribution in [2.45, 2.75) is 25.5 Å². The second kappa shape index (κ2) is 3.20. The maximum absolute atomic E-state index is 9.19. The number of hydrogen-bond donors (Lipinski definition) is 1. The number of aliphatic hydroxyl groups excluding tert-OH is 1. The van der Waals surface area contributed by atoms with Gasteiger partial charge in [-0.05, 0) is 18.9 Å². The van der Waals surface area contributed by atoms with Crippen LogP contribution in [0.2, 0.25) is 0 Å². The van der Waals surface area contributed by atoms with E-state index < -0.39 is 0 Å². The van der Waals surface area contributed by atoms with E-state index in [0.717, 1.165) is 24.1 Å². The van der Waals surface area contributed by atoms with Gasteiger partial charge in [0.1, 0.15) is 5.69 Å². The first kappa shape index (κ1) is 8.67. The van der Waals surface area contributed by atoms with Gasteiger partial charge in [0, 0.05) is 5.56 Å². The Kier molecular flexibility index (Phi) is 1.85. The minimum Gasteiger partial charge on any atom is -0.472 e. The zero-order chi connectivity index (χ0) is 10.3. The summed E-state index contributed by atoms with van der Waals surface area (Å²) in [5.41, 5.74) is 2.42. The van der Waals surface area contributed by atoms with E-state index in [-0.39, 0.29) is 6.61 Å². The molecule has 0 spiro atoms. The topological polar surface area (TPSA) is 64.1 Å². The molecule has 1 aliphatic carbocycles. The summed E-state index contributed by atoms with van der Waals surface area (Å²) in [6.07, 6.45) is 5.54. The fraction of sp³-hybridized carbons (Fsp3) is 0.400. The molecule has 2 aromatic heterocycles. The molecule has 5 nitrogen and oxygen atoms in total. The highest BCUT2D eigenvalue weighted by atomic mass is 16.3. The molecular weight excluding hydrogens is 194 g/mol. The summed E-state index contributed by atoms with van der Waals surface area (Å²) in [7, 11) is 0. The van der Waals surface area contributed by atoms with Crippen molar-refractivity contribution in [3.63, 3.8) is 0 Å². The first-order valence-electron chi connectivity index (χ1n) is 4.97. The van der Waals surface area contributed by atoms with Crippen molar-refractivity contribution in [3.8, 4) is 11.3 Å². The Balaban J connectivity index is 2.13. The van der Waals surface area contributed by atoms with Crippen molar-refractivity contribution in [2.24, 2.45) is 0 Å². The molecule has 2 heterocycles. The molecule has 0 aromatic carbocycles. The number of hydrogen-bond acceptors (Lipinski definition) is 4. The molecule has 0 atom stereocenters. The normalized spacial score (nSPS) is 15.8. The maximum Gasteiger partial charge on any atom is 0.116 e. The van der Waals surface area contributed by atoms with Crippen LogP contribution in [0.1, 0.15) is 24.6 Å². The molecule has 0 radical (unpaired) electrons. The van der Waals surface area contributed by atoms with Crippen LogP contribution in [-0.4, -0.2) is 20.1 Å². The predicted octanol–water partition coefficient (Wildman–Crippen LogP) is 1.37. The van der Waals surface area contributed by atoms with Crippen LogP contribution in [0.15, 0.2) is 23.0 Å². The first-order valence-corrected chi connectivity index (χ1v) is 4.97. The number of aromatic nitrogens is 3. The van der Waals surface area contributed by atoms with E-state index >= 15 is 0 Å². The van der Waals surface area contributed by atoms with Gasteiger partial charge >= 0.3 is 0 Å². The minimum atomic E-state index is -0.0900.